The third-order valence-corrected chi connectivity index (χ3v) is 4.98. The van der Waals surface area contributed by atoms with Gasteiger partial charge in [-0.25, -0.2) is 0 Å². The van der Waals surface area contributed by atoms with Crippen molar-refractivity contribution in [2.45, 2.75) is 33.4 Å². The SMILES string of the molecule is CC(C)CNC(=O)C(C)N(Cc1cccc(Br)c1)C(=O)COc1cccc(Cl)c1. The molecule has 2 aromatic rings. The summed E-state index contributed by atoms with van der Waals surface area (Å²) in [6.07, 6.45) is 0. The number of carbonyl (C=O) groups excluding carboxylic acids is 2. The summed E-state index contributed by atoms with van der Waals surface area (Å²) >= 11 is 9.41. The summed E-state index contributed by atoms with van der Waals surface area (Å²) in [4.78, 5) is 27.1. The van der Waals surface area contributed by atoms with E-state index >= 15 is 0 Å². The van der Waals surface area contributed by atoms with E-state index in [-0.39, 0.29) is 18.4 Å². The highest BCUT2D eigenvalue weighted by atomic mass is 79.9. The topological polar surface area (TPSA) is 58.6 Å². The molecular formula is C22H26BrClN2O3. The van der Waals surface area contributed by atoms with E-state index in [9.17, 15) is 9.59 Å². The van der Waals surface area contributed by atoms with Gasteiger partial charge < -0.3 is 15.0 Å². The van der Waals surface area contributed by atoms with Crippen molar-refractivity contribution in [3.63, 3.8) is 0 Å². The van der Waals surface area contributed by atoms with Gasteiger partial charge in [0.05, 0.1) is 0 Å². The van der Waals surface area contributed by atoms with E-state index in [0.717, 1.165) is 10.0 Å². The van der Waals surface area contributed by atoms with Crippen molar-refractivity contribution in [1.82, 2.24) is 10.2 Å². The standard InChI is InChI=1S/C22H26BrClN2O3/c1-15(2)12-25-22(28)16(3)26(13-17-6-4-7-18(23)10-17)21(27)14-29-20-9-5-8-19(24)11-20/h4-11,15-16H,12-14H2,1-3H3,(H,25,28). The summed E-state index contributed by atoms with van der Waals surface area (Å²) in [5.41, 5.74) is 0.916. The van der Waals surface area contributed by atoms with Crippen molar-refractivity contribution >= 4 is 39.3 Å². The highest BCUT2D eigenvalue weighted by Crippen LogP contribution is 2.18. The second-order valence-electron chi connectivity index (χ2n) is 7.21. The highest BCUT2D eigenvalue weighted by Gasteiger charge is 2.26. The fourth-order valence-corrected chi connectivity index (χ4v) is 3.28. The maximum absolute atomic E-state index is 13.0. The van der Waals surface area contributed by atoms with Gasteiger partial charge in [-0.3, -0.25) is 9.59 Å². The van der Waals surface area contributed by atoms with Crippen molar-refractivity contribution in [2.75, 3.05) is 13.2 Å². The van der Waals surface area contributed by atoms with Gasteiger partial charge >= 0.3 is 0 Å². The Morgan fingerprint density at radius 1 is 1.14 bits per heavy atom. The van der Waals surface area contributed by atoms with Gasteiger partial charge in [-0.2, -0.15) is 0 Å². The van der Waals surface area contributed by atoms with Crippen LogP contribution in [0.1, 0.15) is 26.3 Å². The Morgan fingerprint density at radius 2 is 1.86 bits per heavy atom. The number of ether oxygens (including phenoxy) is 1. The number of nitrogens with zero attached hydrogens (tertiary/aromatic N) is 1. The fraction of sp³-hybridized carbons (Fsp3) is 0.364. The summed E-state index contributed by atoms with van der Waals surface area (Å²) in [5.74, 6) is 0.360. The minimum Gasteiger partial charge on any atom is -0.484 e. The van der Waals surface area contributed by atoms with Crippen LogP contribution in [0.5, 0.6) is 5.75 Å². The molecule has 1 N–H and O–H groups in total. The molecule has 2 amide bonds. The van der Waals surface area contributed by atoms with Gasteiger partial charge in [0.25, 0.3) is 5.91 Å². The first kappa shape index (κ1) is 23.2. The molecule has 29 heavy (non-hydrogen) atoms. The lowest BCUT2D eigenvalue weighted by molar-refractivity contribution is -0.142. The molecule has 0 saturated heterocycles. The molecular weight excluding hydrogens is 456 g/mol. The van der Waals surface area contributed by atoms with Gasteiger partial charge in [0.15, 0.2) is 6.61 Å². The predicted molar refractivity (Wildman–Crippen MR) is 119 cm³/mol. The Labute approximate surface area is 185 Å². The Morgan fingerprint density at radius 3 is 2.52 bits per heavy atom. The number of carbonyl (C=O) groups is 2. The van der Waals surface area contributed by atoms with Crippen LogP contribution in [0, 0.1) is 5.92 Å². The summed E-state index contributed by atoms with van der Waals surface area (Å²) in [7, 11) is 0. The van der Waals surface area contributed by atoms with Gasteiger partial charge in [-0.05, 0) is 48.7 Å². The molecule has 0 aliphatic heterocycles. The average Bonchev–Trinajstić information content (AvgIpc) is 2.68. The third-order valence-electron chi connectivity index (χ3n) is 4.25. The summed E-state index contributed by atoms with van der Waals surface area (Å²) in [6.45, 7) is 6.44. The second-order valence-corrected chi connectivity index (χ2v) is 8.56. The van der Waals surface area contributed by atoms with E-state index in [1.807, 2.05) is 38.1 Å². The molecule has 1 unspecified atom stereocenters. The van der Waals surface area contributed by atoms with Gasteiger partial charge in [0.1, 0.15) is 11.8 Å². The maximum atomic E-state index is 13.0. The quantitative estimate of drug-likeness (QED) is 0.566. The summed E-state index contributed by atoms with van der Waals surface area (Å²) in [5, 5.41) is 3.43. The predicted octanol–water partition coefficient (Wildman–Crippen LogP) is 4.67. The van der Waals surface area contributed by atoms with Crippen molar-refractivity contribution in [3.05, 3.63) is 63.6 Å². The monoisotopic (exact) mass is 480 g/mol. The van der Waals surface area contributed by atoms with E-state index in [2.05, 4.69) is 21.2 Å². The number of nitrogens with one attached hydrogen (secondary N) is 1. The van der Waals surface area contributed by atoms with Crippen LogP contribution in [-0.4, -0.2) is 35.9 Å². The number of halogens is 2. The van der Waals surface area contributed by atoms with Crippen LogP contribution in [0.4, 0.5) is 0 Å². The first-order chi connectivity index (χ1) is 13.8. The van der Waals surface area contributed by atoms with Crippen molar-refractivity contribution in [3.8, 4) is 5.75 Å². The molecule has 156 valence electrons. The molecule has 7 heteroatoms. The molecule has 0 heterocycles. The smallest absolute Gasteiger partial charge is 0.261 e. The van der Waals surface area contributed by atoms with Crippen molar-refractivity contribution in [2.24, 2.45) is 5.92 Å². The maximum Gasteiger partial charge on any atom is 0.261 e. The van der Waals surface area contributed by atoms with Crippen LogP contribution in [0.15, 0.2) is 53.0 Å². The molecule has 2 aromatic carbocycles. The minimum atomic E-state index is -0.636. The number of hydrogen-bond acceptors (Lipinski definition) is 3. The van der Waals surface area contributed by atoms with Gasteiger partial charge in [-0.1, -0.05) is 59.6 Å². The molecule has 0 radical (unpaired) electrons. The fourth-order valence-electron chi connectivity index (χ4n) is 2.65. The highest BCUT2D eigenvalue weighted by molar-refractivity contribution is 9.10. The first-order valence-corrected chi connectivity index (χ1v) is 10.6. The van der Waals surface area contributed by atoms with Gasteiger partial charge in [-0.15, -0.1) is 0 Å². The molecule has 0 fully saturated rings. The molecule has 0 aromatic heterocycles. The van der Waals surface area contributed by atoms with Crippen molar-refractivity contribution in [1.29, 1.82) is 0 Å². The van der Waals surface area contributed by atoms with Crippen LogP contribution in [-0.2, 0) is 16.1 Å². The molecule has 0 saturated carbocycles. The lowest BCUT2D eigenvalue weighted by Crippen LogP contribution is -2.49. The minimum absolute atomic E-state index is 0.184. The molecule has 2 rings (SSSR count). The zero-order valence-electron chi connectivity index (χ0n) is 16.8. The Hall–Kier alpha value is -2.05. The van der Waals surface area contributed by atoms with E-state index in [4.69, 9.17) is 16.3 Å². The van der Waals surface area contributed by atoms with E-state index in [1.54, 1.807) is 31.2 Å². The molecule has 1 atom stereocenters. The van der Waals surface area contributed by atoms with E-state index in [0.29, 0.717) is 29.8 Å². The summed E-state index contributed by atoms with van der Waals surface area (Å²) < 4.78 is 6.51. The number of rotatable bonds is 9. The summed E-state index contributed by atoms with van der Waals surface area (Å²) in [6, 6.07) is 13.9. The van der Waals surface area contributed by atoms with Crippen LogP contribution >= 0.6 is 27.5 Å². The largest absolute Gasteiger partial charge is 0.484 e. The average molecular weight is 482 g/mol. The number of benzene rings is 2. The van der Waals surface area contributed by atoms with Crippen LogP contribution in [0.3, 0.4) is 0 Å². The van der Waals surface area contributed by atoms with Crippen molar-refractivity contribution < 1.29 is 14.3 Å². The van der Waals surface area contributed by atoms with E-state index in [1.165, 1.54) is 4.90 Å². The Balaban J connectivity index is 2.13. The lowest BCUT2D eigenvalue weighted by Gasteiger charge is -2.29. The molecule has 0 spiro atoms. The zero-order chi connectivity index (χ0) is 21.4. The van der Waals surface area contributed by atoms with Gasteiger partial charge in [0.2, 0.25) is 5.91 Å². The number of hydrogen-bond donors (Lipinski definition) is 1. The Kier molecular flexibility index (Phi) is 8.99. The first-order valence-electron chi connectivity index (χ1n) is 9.46. The lowest BCUT2D eigenvalue weighted by atomic mass is 10.1. The van der Waals surface area contributed by atoms with Gasteiger partial charge in [0, 0.05) is 22.6 Å². The van der Waals surface area contributed by atoms with Crippen LogP contribution in [0.2, 0.25) is 5.02 Å². The second kappa shape index (κ2) is 11.2. The van der Waals surface area contributed by atoms with Crippen LogP contribution < -0.4 is 10.1 Å². The molecule has 0 aliphatic carbocycles. The normalized spacial score (nSPS) is 11.8. The Bertz CT molecular complexity index is 844. The number of amides is 2. The zero-order valence-corrected chi connectivity index (χ0v) is 19.2. The molecule has 0 bridgehead atoms. The molecule has 0 aliphatic rings. The molecule has 5 nitrogen and oxygen atoms in total. The van der Waals surface area contributed by atoms with E-state index < -0.39 is 6.04 Å². The van der Waals surface area contributed by atoms with Crippen LogP contribution in [0.25, 0.3) is 0 Å². The third kappa shape index (κ3) is 7.71.